The van der Waals surface area contributed by atoms with Crippen LogP contribution in [0.1, 0.15) is 6.92 Å². The highest BCUT2D eigenvalue weighted by molar-refractivity contribution is 5.96. The summed E-state index contributed by atoms with van der Waals surface area (Å²) in [6.07, 6.45) is 0. The van der Waals surface area contributed by atoms with Crippen molar-refractivity contribution in [3.05, 3.63) is 18.2 Å². The average molecular weight is 305 g/mol. The van der Waals surface area contributed by atoms with Crippen molar-refractivity contribution >= 4 is 23.3 Å². The van der Waals surface area contributed by atoms with Crippen molar-refractivity contribution in [2.24, 2.45) is 0 Å². The molecule has 0 aliphatic carbocycles. The number of hydrogen-bond acceptors (Lipinski definition) is 4. The molecule has 2 aliphatic heterocycles. The number of nitrogens with zero attached hydrogens (tertiary/aromatic N) is 2. The third-order valence-electron chi connectivity index (χ3n) is 3.75. The van der Waals surface area contributed by atoms with Crippen LogP contribution >= 0.6 is 0 Å². The molecule has 2 heterocycles. The maximum atomic E-state index is 12.2. The third kappa shape index (κ3) is 2.99. The summed E-state index contributed by atoms with van der Waals surface area (Å²) in [5.41, 5.74) is 1.34. The fourth-order valence-corrected chi connectivity index (χ4v) is 2.59. The van der Waals surface area contributed by atoms with Gasteiger partial charge in [-0.2, -0.15) is 0 Å². The van der Waals surface area contributed by atoms with Crippen LogP contribution in [0.4, 0.5) is 16.2 Å². The Kier molecular flexibility index (Phi) is 4.15. The van der Waals surface area contributed by atoms with E-state index in [2.05, 4.69) is 5.32 Å². The molecule has 118 valence electrons. The quantitative estimate of drug-likeness (QED) is 0.849. The number of carbonyl (C=O) groups is 2. The van der Waals surface area contributed by atoms with E-state index in [-0.39, 0.29) is 11.9 Å². The molecule has 3 rings (SSSR count). The topological polar surface area (TPSA) is 71.1 Å². The Hall–Kier alpha value is -2.28. The van der Waals surface area contributed by atoms with E-state index in [1.54, 1.807) is 28.0 Å². The van der Waals surface area contributed by atoms with Crippen LogP contribution in [0.5, 0.6) is 5.75 Å². The summed E-state index contributed by atoms with van der Waals surface area (Å²) >= 11 is 0. The first-order valence-electron chi connectivity index (χ1n) is 7.34. The fourth-order valence-electron chi connectivity index (χ4n) is 2.59. The summed E-state index contributed by atoms with van der Waals surface area (Å²) < 4.78 is 10.8. The molecule has 1 aromatic carbocycles. The Bertz CT molecular complexity index is 584. The monoisotopic (exact) mass is 305 g/mol. The Morgan fingerprint density at radius 2 is 1.91 bits per heavy atom. The molecular weight excluding hydrogens is 286 g/mol. The van der Waals surface area contributed by atoms with Crippen LogP contribution in [0.15, 0.2) is 18.2 Å². The summed E-state index contributed by atoms with van der Waals surface area (Å²) in [5, 5.41) is 2.86. The van der Waals surface area contributed by atoms with Gasteiger partial charge < -0.3 is 24.6 Å². The Morgan fingerprint density at radius 3 is 2.64 bits per heavy atom. The molecule has 0 saturated carbocycles. The van der Waals surface area contributed by atoms with Gasteiger partial charge in [-0.15, -0.1) is 0 Å². The smallest absolute Gasteiger partial charge is 0.322 e. The van der Waals surface area contributed by atoms with E-state index in [0.717, 1.165) is 0 Å². The molecule has 0 aromatic heterocycles. The van der Waals surface area contributed by atoms with Crippen LogP contribution in [0.25, 0.3) is 0 Å². The lowest BCUT2D eigenvalue weighted by Gasteiger charge is -2.30. The normalized spacial score (nSPS) is 17.5. The van der Waals surface area contributed by atoms with E-state index < -0.39 is 0 Å². The van der Waals surface area contributed by atoms with Gasteiger partial charge in [-0.1, -0.05) is 0 Å². The first-order chi connectivity index (χ1) is 10.6. The minimum atomic E-state index is -0.158. The molecule has 7 heteroatoms. The molecule has 2 aliphatic rings. The van der Waals surface area contributed by atoms with Gasteiger partial charge in [-0.25, -0.2) is 4.79 Å². The summed E-state index contributed by atoms with van der Waals surface area (Å²) in [4.78, 5) is 27.3. The Labute approximate surface area is 128 Å². The largest absolute Gasteiger partial charge is 0.490 e. The van der Waals surface area contributed by atoms with Gasteiger partial charge in [0, 0.05) is 25.7 Å². The van der Waals surface area contributed by atoms with Gasteiger partial charge >= 0.3 is 6.03 Å². The molecular formula is C15H19N3O4. The summed E-state index contributed by atoms with van der Waals surface area (Å²) in [6, 6.07) is 5.17. The van der Waals surface area contributed by atoms with Crippen molar-refractivity contribution in [2.45, 2.75) is 6.92 Å². The Balaban J connectivity index is 1.76. The summed E-state index contributed by atoms with van der Waals surface area (Å²) in [7, 11) is 0. The van der Waals surface area contributed by atoms with E-state index in [1.807, 2.05) is 0 Å². The number of nitrogens with one attached hydrogen (secondary N) is 1. The SMILES string of the molecule is CC(=O)N1CCOc2ccc(NC(=O)N3CCOCC3)cc21. The lowest BCUT2D eigenvalue weighted by atomic mass is 10.2. The number of anilines is 2. The molecule has 1 fully saturated rings. The molecule has 1 N–H and O–H groups in total. The molecule has 3 amide bonds. The lowest BCUT2D eigenvalue weighted by Crippen LogP contribution is -2.43. The zero-order valence-corrected chi connectivity index (χ0v) is 12.5. The third-order valence-corrected chi connectivity index (χ3v) is 3.75. The molecule has 0 radical (unpaired) electrons. The number of carbonyl (C=O) groups excluding carboxylic acids is 2. The van der Waals surface area contributed by atoms with Gasteiger partial charge in [0.15, 0.2) is 0 Å². The van der Waals surface area contributed by atoms with Crippen molar-refractivity contribution in [2.75, 3.05) is 49.7 Å². The van der Waals surface area contributed by atoms with Crippen LogP contribution in [-0.4, -0.2) is 56.3 Å². The standard InChI is InChI=1S/C15H19N3O4/c1-11(19)18-6-9-22-14-3-2-12(10-13(14)18)16-15(20)17-4-7-21-8-5-17/h2-3,10H,4-9H2,1H3,(H,16,20). The Morgan fingerprint density at radius 1 is 1.14 bits per heavy atom. The molecule has 0 atom stereocenters. The minimum Gasteiger partial charge on any atom is -0.490 e. The van der Waals surface area contributed by atoms with Gasteiger partial charge in [0.1, 0.15) is 12.4 Å². The van der Waals surface area contributed by atoms with Crippen LogP contribution in [0, 0.1) is 0 Å². The highest BCUT2D eigenvalue weighted by Crippen LogP contribution is 2.34. The second kappa shape index (κ2) is 6.23. The molecule has 7 nitrogen and oxygen atoms in total. The highest BCUT2D eigenvalue weighted by atomic mass is 16.5. The molecule has 0 unspecified atom stereocenters. The first-order valence-corrected chi connectivity index (χ1v) is 7.34. The van der Waals surface area contributed by atoms with Crippen molar-refractivity contribution in [3.63, 3.8) is 0 Å². The van der Waals surface area contributed by atoms with Crippen LogP contribution in [0.2, 0.25) is 0 Å². The van der Waals surface area contributed by atoms with E-state index in [4.69, 9.17) is 9.47 Å². The highest BCUT2D eigenvalue weighted by Gasteiger charge is 2.22. The maximum absolute atomic E-state index is 12.2. The van der Waals surface area contributed by atoms with E-state index in [0.29, 0.717) is 56.6 Å². The first kappa shape index (κ1) is 14.6. The minimum absolute atomic E-state index is 0.0406. The predicted molar refractivity (Wildman–Crippen MR) is 81.4 cm³/mol. The molecule has 0 bridgehead atoms. The molecule has 22 heavy (non-hydrogen) atoms. The number of urea groups is 1. The zero-order chi connectivity index (χ0) is 15.5. The fraction of sp³-hybridized carbons (Fsp3) is 0.467. The van der Waals surface area contributed by atoms with Gasteiger partial charge in [-0.3, -0.25) is 4.79 Å². The van der Waals surface area contributed by atoms with E-state index >= 15 is 0 Å². The van der Waals surface area contributed by atoms with Gasteiger partial charge in [-0.05, 0) is 18.2 Å². The van der Waals surface area contributed by atoms with Gasteiger partial charge in [0.05, 0.1) is 25.4 Å². The number of morpholine rings is 1. The van der Waals surface area contributed by atoms with Crippen molar-refractivity contribution in [1.29, 1.82) is 0 Å². The molecule has 0 spiro atoms. The van der Waals surface area contributed by atoms with Crippen molar-refractivity contribution in [1.82, 2.24) is 4.90 Å². The van der Waals surface area contributed by atoms with Crippen molar-refractivity contribution in [3.8, 4) is 5.75 Å². The molecule has 1 aromatic rings. The second-order valence-corrected chi connectivity index (χ2v) is 5.23. The van der Waals surface area contributed by atoms with E-state index in [1.165, 1.54) is 6.92 Å². The predicted octanol–water partition coefficient (Wildman–Crippen LogP) is 1.30. The van der Waals surface area contributed by atoms with Gasteiger partial charge in [0.2, 0.25) is 5.91 Å². The average Bonchev–Trinajstić information content (AvgIpc) is 2.55. The zero-order valence-electron chi connectivity index (χ0n) is 12.5. The number of amides is 3. The number of fused-ring (bicyclic) bond motifs is 1. The van der Waals surface area contributed by atoms with Crippen LogP contribution in [0.3, 0.4) is 0 Å². The van der Waals surface area contributed by atoms with Crippen LogP contribution < -0.4 is 15.0 Å². The van der Waals surface area contributed by atoms with E-state index in [9.17, 15) is 9.59 Å². The lowest BCUT2D eigenvalue weighted by molar-refractivity contribution is -0.116. The summed E-state index contributed by atoms with van der Waals surface area (Å²) in [6.45, 7) is 4.80. The number of ether oxygens (including phenoxy) is 2. The number of benzene rings is 1. The second-order valence-electron chi connectivity index (χ2n) is 5.23. The van der Waals surface area contributed by atoms with Crippen molar-refractivity contribution < 1.29 is 19.1 Å². The molecule has 1 saturated heterocycles. The number of hydrogen-bond donors (Lipinski definition) is 1. The maximum Gasteiger partial charge on any atom is 0.322 e. The van der Waals surface area contributed by atoms with Crippen LogP contribution in [-0.2, 0) is 9.53 Å². The number of rotatable bonds is 1. The summed E-state index contributed by atoms with van der Waals surface area (Å²) in [5.74, 6) is 0.618. The van der Waals surface area contributed by atoms with Gasteiger partial charge in [0.25, 0.3) is 0 Å².